The molecule has 0 aliphatic carbocycles. The van der Waals surface area contributed by atoms with Crippen LogP contribution < -0.4 is 20.5 Å². The van der Waals surface area contributed by atoms with Gasteiger partial charge in [0.1, 0.15) is 10.7 Å². The van der Waals surface area contributed by atoms with Crippen LogP contribution in [0.3, 0.4) is 0 Å². The lowest BCUT2D eigenvalue weighted by atomic mass is 10.1. The molecule has 0 saturated heterocycles. The van der Waals surface area contributed by atoms with E-state index in [1.807, 2.05) is 0 Å². The minimum Gasteiger partial charge on any atom is -0.493 e. The maximum Gasteiger partial charge on any atom is 0.270 e. The number of nitro groups is 1. The van der Waals surface area contributed by atoms with Crippen molar-refractivity contribution in [2.45, 2.75) is 0 Å². The molecular formula is C18H16N4O5S. The first-order valence-electron chi connectivity index (χ1n) is 7.97. The lowest BCUT2D eigenvalue weighted by Gasteiger charge is -2.09. The molecule has 0 unspecified atom stereocenters. The molecule has 10 heteroatoms. The van der Waals surface area contributed by atoms with Crippen LogP contribution in [0.4, 0.5) is 22.3 Å². The number of nitrogen functional groups attached to an aromatic ring is 1. The number of methoxy groups -OCH3 is 2. The Balaban J connectivity index is 1.86. The highest BCUT2D eigenvalue weighted by molar-refractivity contribution is 7.18. The van der Waals surface area contributed by atoms with Crippen molar-refractivity contribution in [1.29, 1.82) is 0 Å². The fraction of sp³-hybridized carbons (Fsp3) is 0.111. The zero-order chi connectivity index (χ0) is 20.3. The molecular weight excluding hydrogens is 384 g/mol. The van der Waals surface area contributed by atoms with Gasteiger partial charge in [-0.3, -0.25) is 14.9 Å². The average molecular weight is 400 g/mol. The molecule has 2 aromatic carbocycles. The van der Waals surface area contributed by atoms with E-state index in [1.165, 1.54) is 38.5 Å². The Morgan fingerprint density at radius 3 is 2.61 bits per heavy atom. The molecule has 0 aliphatic rings. The summed E-state index contributed by atoms with van der Waals surface area (Å²) in [7, 11) is 3.07. The smallest absolute Gasteiger partial charge is 0.270 e. The van der Waals surface area contributed by atoms with Gasteiger partial charge in [0.2, 0.25) is 5.78 Å². The number of hydrogen-bond donors (Lipinski definition) is 2. The van der Waals surface area contributed by atoms with Crippen molar-refractivity contribution in [3.05, 3.63) is 63.0 Å². The van der Waals surface area contributed by atoms with Gasteiger partial charge in [-0.25, -0.2) is 4.98 Å². The normalized spacial score (nSPS) is 10.4. The van der Waals surface area contributed by atoms with Crippen LogP contribution in [0.15, 0.2) is 42.5 Å². The summed E-state index contributed by atoms with van der Waals surface area (Å²) in [5.74, 6) is 0.724. The summed E-state index contributed by atoms with van der Waals surface area (Å²) in [5.41, 5.74) is 6.56. The summed E-state index contributed by atoms with van der Waals surface area (Å²) in [6.45, 7) is 0. The second kappa shape index (κ2) is 7.92. The molecule has 0 aliphatic heterocycles. The number of anilines is 3. The van der Waals surface area contributed by atoms with E-state index in [0.717, 1.165) is 11.3 Å². The number of carbonyl (C=O) groups excluding carboxylic acids is 1. The van der Waals surface area contributed by atoms with Crippen LogP contribution in [-0.4, -0.2) is 29.9 Å². The third-order valence-electron chi connectivity index (χ3n) is 3.81. The van der Waals surface area contributed by atoms with E-state index in [0.29, 0.717) is 22.3 Å². The van der Waals surface area contributed by atoms with Crippen molar-refractivity contribution >= 4 is 39.4 Å². The van der Waals surface area contributed by atoms with Gasteiger partial charge in [0.15, 0.2) is 16.6 Å². The van der Waals surface area contributed by atoms with Crippen LogP contribution in [-0.2, 0) is 0 Å². The SMILES string of the molecule is COc1ccc(Nc2nc(N)c(C(=O)c3cccc([N+](=O)[O-])c3)s2)cc1OC. The van der Waals surface area contributed by atoms with Crippen LogP contribution in [0.1, 0.15) is 15.2 Å². The lowest BCUT2D eigenvalue weighted by Crippen LogP contribution is -2.03. The molecule has 1 heterocycles. The van der Waals surface area contributed by atoms with Gasteiger partial charge >= 0.3 is 0 Å². The van der Waals surface area contributed by atoms with Gasteiger partial charge in [0.25, 0.3) is 5.69 Å². The van der Waals surface area contributed by atoms with Gasteiger partial charge < -0.3 is 20.5 Å². The molecule has 1 aromatic heterocycles. The molecule has 0 radical (unpaired) electrons. The number of ether oxygens (including phenoxy) is 2. The number of thiazole rings is 1. The van der Waals surface area contributed by atoms with E-state index in [9.17, 15) is 14.9 Å². The predicted molar refractivity (Wildman–Crippen MR) is 106 cm³/mol. The molecule has 3 aromatic rings. The number of nitrogens with one attached hydrogen (secondary N) is 1. The highest BCUT2D eigenvalue weighted by Gasteiger charge is 2.20. The van der Waals surface area contributed by atoms with E-state index >= 15 is 0 Å². The first-order chi connectivity index (χ1) is 13.4. The van der Waals surface area contributed by atoms with Crippen molar-refractivity contribution in [3.63, 3.8) is 0 Å². The quantitative estimate of drug-likeness (QED) is 0.349. The number of nitrogens with zero attached hydrogens (tertiary/aromatic N) is 2. The molecule has 0 spiro atoms. The number of aromatic nitrogens is 1. The Hall–Kier alpha value is -3.66. The standard InChI is InChI=1S/C18H16N4O5S/c1-26-13-7-6-11(9-14(13)27-2)20-18-21-17(19)16(28-18)15(23)10-4-3-5-12(8-10)22(24)25/h3-9H,19H2,1-2H3,(H,20,21). The number of non-ortho nitro benzene ring substituents is 1. The molecule has 0 atom stereocenters. The van der Waals surface area contributed by atoms with Crippen LogP contribution in [0, 0.1) is 10.1 Å². The predicted octanol–water partition coefficient (Wildman–Crippen LogP) is 3.63. The lowest BCUT2D eigenvalue weighted by molar-refractivity contribution is -0.384. The summed E-state index contributed by atoms with van der Waals surface area (Å²) in [5, 5.41) is 14.4. The monoisotopic (exact) mass is 400 g/mol. The molecule has 3 N–H and O–H groups in total. The Kier molecular flexibility index (Phi) is 5.41. The molecule has 9 nitrogen and oxygen atoms in total. The summed E-state index contributed by atoms with van der Waals surface area (Å²) >= 11 is 1.06. The maximum absolute atomic E-state index is 12.7. The van der Waals surface area contributed by atoms with Crippen molar-refractivity contribution < 1.29 is 19.2 Å². The molecule has 0 fully saturated rings. The zero-order valence-corrected chi connectivity index (χ0v) is 15.8. The van der Waals surface area contributed by atoms with Gasteiger partial charge in [0, 0.05) is 29.4 Å². The van der Waals surface area contributed by atoms with Gasteiger partial charge in [-0.2, -0.15) is 0 Å². The van der Waals surface area contributed by atoms with Gasteiger partial charge in [0.05, 0.1) is 19.1 Å². The Morgan fingerprint density at radius 2 is 1.93 bits per heavy atom. The van der Waals surface area contributed by atoms with Crippen molar-refractivity contribution in [1.82, 2.24) is 4.98 Å². The molecule has 144 valence electrons. The Morgan fingerprint density at radius 1 is 1.18 bits per heavy atom. The Bertz CT molecular complexity index is 1050. The minimum absolute atomic E-state index is 0.0458. The van der Waals surface area contributed by atoms with E-state index in [4.69, 9.17) is 15.2 Å². The van der Waals surface area contributed by atoms with E-state index in [2.05, 4.69) is 10.3 Å². The molecule has 3 rings (SSSR count). The number of benzene rings is 2. The first kappa shape index (κ1) is 19.1. The number of hydrogen-bond acceptors (Lipinski definition) is 9. The van der Waals surface area contributed by atoms with Crippen LogP contribution in [0.25, 0.3) is 0 Å². The topological polar surface area (TPSA) is 130 Å². The third-order valence-corrected chi connectivity index (χ3v) is 4.80. The fourth-order valence-electron chi connectivity index (χ4n) is 2.48. The van der Waals surface area contributed by atoms with Crippen molar-refractivity contribution in [2.24, 2.45) is 0 Å². The van der Waals surface area contributed by atoms with Crippen LogP contribution in [0.5, 0.6) is 11.5 Å². The highest BCUT2D eigenvalue weighted by Crippen LogP contribution is 2.34. The molecule has 0 amide bonds. The maximum atomic E-state index is 12.7. The molecule has 0 bridgehead atoms. The van der Waals surface area contributed by atoms with Gasteiger partial charge in [-0.1, -0.05) is 23.5 Å². The highest BCUT2D eigenvalue weighted by atomic mass is 32.1. The largest absolute Gasteiger partial charge is 0.493 e. The summed E-state index contributed by atoms with van der Waals surface area (Å²) in [6.07, 6.45) is 0. The van der Waals surface area contributed by atoms with Crippen molar-refractivity contribution in [3.8, 4) is 11.5 Å². The second-order valence-corrected chi connectivity index (χ2v) is 6.56. The number of carbonyl (C=O) groups is 1. The number of nitrogens with two attached hydrogens (primary N) is 1. The summed E-state index contributed by atoms with van der Waals surface area (Å²) in [6, 6.07) is 10.7. The number of rotatable bonds is 7. The molecule has 0 saturated carbocycles. The summed E-state index contributed by atoms with van der Waals surface area (Å²) < 4.78 is 10.4. The van der Waals surface area contributed by atoms with Crippen molar-refractivity contribution in [2.75, 3.05) is 25.3 Å². The average Bonchev–Trinajstić information content (AvgIpc) is 3.07. The van der Waals surface area contributed by atoms with Gasteiger partial charge in [-0.05, 0) is 12.1 Å². The minimum atomic E-state index is -0.559. The summed E-state index contributed by atoms with van der Waals surface area (Å²) in [4.78, 5) is 27.4. The Labute approximate surface area is 163 Å². The van der Waals surface area contributed by atoms with Crippen LogP contribution >= 0.6 is 11.3 Å². The van der Waals surface area contributed by atoms with E-state index in [1.54, 1.807) is 18.2 Å². The van der Waals surface area contributed by atoms with Gasteiger partial charge in [-0.15, -0.1) is 0 Å². The fourth-order valence-corrected chi connectivity index (χ4v) is 3.34. The van der Waals surface area contributed by atoms with E-state index in [-0.39, 0.29) is 21.9 Å². The van der Waals surface area contributed by atoms with E-state index < -0.39 is 10.7 Å². The molecule has 28 heavy (non-hydrogen) atoms. The number of ketones is 1. The third kappa shape index (κ3) is 3.86. The first-order valence-corrected chi connectivity index (χ1v) is 8.79. The zero-order valence-electron chi connectivity index (χ0n) is 15.0. The van der Waals surface area contributed by atoms with Crippen LogP contribution in [0.2, 0.25) is 0 Å². The second-order valence-electron chi connectivity index (χ2n) is 5.56. The number of nitro benzene ring substituents is 1.